The number of sulfonamides is 1. The quantitative estimate of drug-likeness (QED) is 0.728. The number of rotatable bonds is 6. The topological polar surface area (TPSA) is 81.2 Å². The molecule has 0 atom stereocenters. The van der Waals surface area contributed by atoms with Crippen LogP contribution in [0.5, 0.6) is 5.75 Å². The second-order valence-corrected chi connectivity index (χ2v) is 7.45. The number of ether oxygens (including phenoxy) is 1. The Morgan fingerprint density at radius 3 is 2.42 bits per heavy atom. The molecule has 24 heavy (non-hydrogen) atoms. The van der Waals surface area contributed by atoms with E-state index in [1.54, 1.807) is 12.1 Å². The molecule has 0 spiro atoms. The molecule has 8 heteroatoms. The van der Waals surface area contributed by atoms with Crippen LogP contribution in [0, 0.1) is 0 Å². The predicted octanol–water partition coefficient (Wildman–Crippen LogP) is 3.40. The van der Waals surface area contributed by atoms with Crippen molar-refractivity contribution >= 4 is 26.5 Å². The van der Waals surface area contributed by atoms with Crippen LogP contribution in [0.3, 0.4) is 0 Å². The summed E-state index contributed by atoms with van der Waals surface area (Å²) in [7, 11) is -3.71. The van der Waals surface area contributed by atoms with Crippen molar-refractivity contribution in [3.63, 3.8) is 0 Å². The van der Waals surface area contributed by atoms with E-state index in [1.165, 1.54) is 23.5 Å². The van der Waals surface area contributed by atoms with Crippen molar-refractivity contribution in [3.8, 4) is 16.3 Å². The highest BCUT2D eigenvalue weighted by atomic mass is 32.2. The van der Waals surface area contributed by atoms with Crippen molar-refractivity contribution in [1.82, 2.24) is 10.2 Å². The minimum Gasteiger partial charge on any atom is -0.494 e. The molecule has 1 N–H and O–H groups in total. The van der Waals surface area contributed by atoms with E-state index in [0.717, 1.165) is 5.56 Å². The molecular formula is C16H15N3O3S2. The number of hydrogen-bond acceptors (Lipinski definition) is 6. The summed E-state index contributed by atoms with van der Waals surface area (Å²) in [5.41, 5.74) is 0.890. The lowest BCUT2D eigenvalue weighted by atomic mass is 10.2. The van der Waals surface area contributed by atoms with Gasteiger partial charge >= 0.3 is 0 Å². The van der Waals surface area contributed by atoms with Gasteiger partial charge in [-0.15, -0.1) is 10.2 Å². The fourth-order valence-electron chi connectivity index (χ4n) is 2.02. The standard InChI is InChI=1S/C16H15N3O3S2/c1-2-22-13-8-10-14(11-9-13)24(20,21)19-16-18-17-15(23-16)12-6-4-3-5-7-12/h3-11H,2H2,1H3,(H,18,19). The van der Waals surface area contributed by atoms with E-state index in [4.69, 9.17) is 4.74 Å². The highest BCUT2D eigenvalue weighted by molar-refractivity contribution is 7.93. The maximum atomic E-state index is 12.4. The van der Waals surface area contributed by atoms with Gasteiger partial charge in [-0.05, 0) is 31.2 Å². The van der Waals surface area contributed by atoms with Gasteiger partial charge in [0, 0.05) is 5.56 Å². The van der Waals surface area contributed by atoms with Crippen LogP contribution >= 0.6 is 11.3 Å². The molecule has 0 aliphatic carbocycles. The van der Waals surface area contributed by atoms with Crippen LogP contribution in [-0.4, -0.2) is 25.2 Å². The van der Waals surface area contributed by atoms with Crippen LogP contribution in [0.25, 0.3) is 10.6 Å². The Labute approximate surface area is 144 Å². The molecule has 0 aliphatic heterocycles. The van der Waals surface area contributed by atoms with Crippen molar-refractivity contribution < 1.29 is 13.2 Å². The molecule has 1 heterocycles. The van der Waals surface area contributed by atoms with Crippen molar-refractivity contribution in [2.75, 3.05) is 11.3 Å². The molecule has 0 fully saturated rings. The molecular weight excluding hydrogens is 346 g/mol. The highest BCUT2D eigenvalue weighted by Crippen LogP contribution is 2.27. The molecule has 1 aromatic heterocycles. The number of hydrogen-bond donors (Lipinski definition) is 1. The van der Waals surface area contributed by atoms with Crippen molar-refractivity contribution in [2.45, 2.75) is 11.8 Å². The summed E-state index contributed by atoms with van der Waals surface area (Å²) >= 11 is 1.18. The third-order valence-corrected chi connectivity index (χ3v) is 5.48. The van der Waals surface area contributed by atoms with E-state index in [1.807, 2.05) is 37.3 Å². The average molecular weight is 361 g/mol. The van der Waals surface area contributed by atoms with Crippen LogP contribution in [0.15, 0.2) is 59.5 Å². The van der Waals surface area contributed by atoms with Crippen LogP contribution in [0.4, 0.5) is 5.13 Å². The molecule has 2 aromatic carbocycles. The van der Waals surface area contributed by atoms with E-state index in [0.29, 0.717) is 17.4 Å². The van der Waals surface area contributed by atoms with Crippen LogP contribution in [-0.2, 0) is 10.0 Å². The van der Waals surface area contributed by atoms with E-state index in [2.05, 4.69) is 14.9 Å². The molecule has 124 valence electrons. The number of benzene rings is 2. The number of nitrogens with zero attached hydrogens (tertiary/aromatic N) is 2. The summed E-state index contributed by atoms with van der Waals surface area (Å²) in [6.45, 7) is 2.39. The molecule has 6 nitrogen and oxygen atoms in total. The fraction of sp³-hybridized carbons (Fsp3) is 0.125. The van der Waals surface area contributed by atoms with Crippen molar-refractivity contribution in [2.24, 2.45) is 0 Å². The van der Waals surface area contributed by atoms with Gasteiger partial charge in [-0.25, -0.2) is 8.42 Å². The first-order chi connectivity index (χ1) is 11.6. The molecule has 0 saturated heterocycles. The van der Waals surface area contributed by atoms with Crippen molar-refractivity contribution in [1.29, 1.82) is 0 Å². The van der Waals surface area contributed by atoms with E-state index in [9.17, 15) is 8.42 Å². The Balaban J connectivity index is 1.78. The Morgan fingerprint density at radius 2 is 1.75 bits per heavy atom. The zero-order valence-electron chi connectivity index (χ0n) is 12.8. The van der Waals surface area contributed by atoms with Crippen LogP contribution < -0.4 is 9.46 Å². The second-order valence-electron chi connectivity index (χ2n) is 4.79. The number of nitrogens with one attached hydrogen (secondary N) is 1. The summed E-state index contributed by atoms with van der Waals surface area (Å²) in [6, 6.07) is 15.7. The Hall–Kier alpha value is -2.45. The Morgan fingerprint density at radius 1 is 1.04 bits per heavy atom. The van der Waals surface area contributed by atoms with Gasteiger partial charge in [-0.1, -0.05) is 41.7 Å². The molecule has 0 radical (unpaired) electrons. The monoisotopic (exact) mass is 361 g/mol. The molecule has 0 aliphatic rings. The first-order valence-electron chi connectivity index (χ1n) is 7.23. The minimum atomic E-state index is -3.71. The summed E-state index contributed by atoms with van der Waals surface area (Å²) in [5.74, 6) is 0.624. The van der Waals surface area contributed by atoms with Crippen molar-refractivity contribution in [3.05, 3.63) is 54.6 Å². The normalized spacial score (nSPS) is 11.2. The Bertz CT molecular complexity index is 907. The van der Waals surface area contributed by atoms with Gasteiger partial charge in [0.2, 0.25) is 5.13 Å². The summed E-state index contributed by atoms with van der Waals surface area (Å²) < 4.78 is 32.6. The lowest BCUT2D eigenvalue weighted by Gasteiger charge is -2.06. The maximum Gasteiger partial charge on any atom is 0.263 e. The third kappa shape index (κ3) is 3.72. The van der Waals surface area contributed by atoms with E-state index >= 15 is 0 Å². The molecule has 0 saturated carbocycles. The van der Waals surface area contributed by atoms with Gasteiger partial charge < -0.3 is 4.74 Å². The summed E-state index contributed by atoms with van der Waals surface area (Å²) in [5, 5.41) is 8.81. The summed E-state index contributed by atoms with van der Waals surface area (Å²) in [4.78, 5) is 0.141. The first kappa shape index (κ1) is 16.4. The first-order valence-corrected chi connectivity index (χ1v) is 9.53. The minimum absolute atomic E-state index is 0.141. The van der Waals surface area contributed by atoms with Gasteiger partial charge in [-0.2, -0.15) is 0 Å². The highest BCUT2D eigenvalue weighted by Gasteiger charge is 2.17. The molecule has 3 aromatic rings. The SMILES string of the molecule is CCOc1ccc(S(=O)(=O)Nc2nnc(-c3ccccc3)s2)cc1. The zero-order chi connectivity index (χ0) is 17.0. The zero-order valence-corrected chi connectivity index (χ0v) is 14.5. The summed E-state index contributed by atoms with van der Waals surface area (Å²) in [6.07, 6.45) is 0. The van der Waals surface area contributed by atoms with Crippen LogP contribution in [0.1, 0.15) is 6.92 Å². The van der Waals surface area contributed by atoms with Gasteiger partial charge in [0.1, 0.15) is 10.8 Å². The molecule has 3 rings (SSSR count). The fourth-order valence-corrected chi connectivity index (χ4v) is 4.00. The van der Waals surface area contributed by atoms with Gasteiger partial charge in [0.05, 0.1) is 11.5 Å². The lowest BCUT2D eigenvalue weighted by Crippen LogP contribution is -2.12. The van der Waals surface area contributed by atoms with E-state index < -0.39 is 10.0 Å². The Kier molecular flexibility index (Phi) is 4.77. The largest absolute Gasteiger partial charge is 0.494 e. The van der Waals surface area contributed by atoms with E-state index in [-0.39, 0.29) is 10.0 Å². The third-order valence-electron chi connectivity index (χ3n) is 3.11. The lowest BCUT2D eigenvalue weighted by molar-refractivity contribution is 0.340. The molecule has 0 unspecified atom stereocenters. The maximum absolute atomic E-state index is 12.4. The van der Waals surface area contributed by atoms with Gasteiger partial charge in [-0.3, -0.25) is 4.72 Å². The van der Waals surface area contributed by atoms with Gasteiger partial charge in [0.25, 0.3) is 10.0 Å². The molecule has 0 amide bonds. The van der Waals surface area contributed by atoms with Gasteiger partial charge in [0.15, 0.2) is 0 Å². The number of anilines is 1. The average Bonchev–Trinajstić information content (AvgIpc) is 3.04. The van der Waals surface area contributed by atoms with Crippen LogP contribution in [0.2, 0.25) is 0 Å². The smallest absolute Gasteiger partial charge is 0.263 e. The second kappa shape index (κ2) is 6.98. The molecule has 0 bridgehead atoms. The predicted molar refractivity (Wildman–Crippen MR) is 93.8 cm³/mol. The number of aromatic nitrogens is 2.